The quantitative estimate of drug-likeness (QED) is 0.727. The van der Waals surface area contributed by atoms with Crippen molar-refractivity contribution in [3.8, 4) is 0 Å². The third-order valence-corrected chi connectivity index (χ3v) is 5.71. The van der Waals surface area contributed by atoms with E-state index in [1.165, 1.54) is 31.2 Å². The van der Waals surface area contributed by atoms with E-state index in [1.54, 1.807) is 11.8 Å². The van der Waals surface area contributed by atoms with Crippen LogP contribution in [0.5, 0.6) is 0 Å². The smallest absolute Gasteiger partial charge is 0.228 e. The highest BCUT2D eigenvalue weighted by atomic mass is 79.9. The van der Waals surface area contributed by atoms with Crippen molar-refractivity contribution >= 4 is 33.6 Å². The van der Waals surface area contributed by atoms with Crippen molar-refractivity contribution in [1.82, 2.24) is 14.8 Å². The summed E-state index contributed by atoms with van der Waals surface area (Å²) in [7, 11) is 0. The van der Waals surface area contributed by atoms with Crippen molar-refractivity contribution in [2.75, 3.05) is 18.0 Å². The van der Waals surface area contributed by atoms with Gasteiger partial charge in [-0.3, -0.25) is 4.57 Å². The maximum Gasteiger partial charge on any atom is 0.228 e. The first kappa shape index (κ1) is 14.6. The van der Waals surface area contributed by atoms with E-state index in [-0.39, 0.29) is 0 Å². The first-order valence-electron chi connectivity index (χ1n) is 7.88. The fourth-order valence-electron chi connectivity index (χ4n) is 2.93. The van der Waals surface area contributed by atoms with Crippen molar-refractivity contribution in [2.24, 2.45) is 0 Å². The Bertz CT molecular complexity index is 662. The van der Waals surface area contributed by atoms with E-state index < -0.39 is 0 Å². The average Bonchev–Trinajstić information content (AvgIpc) is 3.05. The number of hydrogen-bond acceptors (Lipinski definition) is 4. The Labute approximate surface area is 143 Å². The molecule has 4 nitrogen and oxygen atoms in total. The summed E-state index contributed by atoms with van der Waals surface area (Å²) < 4.78 is 3.51. The molecule has 22 heavy (non-hydrogen) atoms. The molecule has 1 saturated heterocycles. The monoisotopic (exact) mass is 378 g/mol. The van der Waals surface area contributed by atoms with Gasteiger partial charge in [-0.05, 0) is 43.4 Å². The van der Waals surface area contributed by atoms with Crippen LogP contribution in [0.1, 0.15) is 37.3 Å². The van der Waals surface area contributed by atoms with E-state index in [1.807, 2.05) is 0 Å². The summed E-state index contributed by atoms with van der Waals surface area (Å²) in [5.74, 6) is 2.03. The fraction of sp³-hybridized carbons (Fsp3) is 0.500. The molecule has 2 aromatic rings. The van der Waals surface area contributed by atoms with Crippen LogP contribution in [-0.4, -0.2) is 27.9 Å². The molecule has 1 aromatic heterocycles. The zero-order valence-corrected chi connectivity index (χ0v) is 14.8. The molecule has 0 spiro atoms. The predicted molar refractivity (Wildman–Crippen MR) is 93.4 cm³/mol. The molecule has 1 aromatic carbocycles. The van der Waals surface area contributed by atoms with Crippen LogP contribution in [-0.2, 0) is 5.75 Å². The van der Waals surface area contributed by atoms with Crippen LogP contribution in [0.15, 0.2) is 33.9 Å². The second kappa shape index (κ2) is 6.24. The van der Waals surface area contributed by atoms with Gasteiger partial charge in [0.2, 0.25) is 5.95 Å². The highest BCUT2D eigenvalue weighted by Gasteiger charge is 2.32. The topological polar surface area (TPSA) is 34.0 Å². The minimum Gasteiger partial charge on any atom is -0.341 e. The summed E-state index contributed by atoms with van der Waals surface area (Å²) in [5.41, 5.74) is 1.31. The summed E-state index contributed by atoms with van der Waals surface area (Å²) >= 11 is 5.33. The SMILES string of the molecule is Brc1cccc(CSc2nnc(N3CCCC3)n2C2CC2)c1. The Kier molecular flexibility index (Phi) is 4.13. The number of benzene rings is 1. The molecule has 0 N–H and O–H groups in total. The minimum atomic E-state index is 0.621. The Morgan fingerprint density at radius 2 is 2.00 bits per heavy atom. The molecule has 1 saturated carbocycles. The van der Waals surface area contributed by atoms with Crippen LogP contribution < -0.4 is 4.90 Å². The van der Waals surface area contributed by atoms with Gasteiger partial charge in [-0.1, -0.05) is 39.8 Å². The summed E-state index contributed by atoms with van der Waals surface area (Å²) in [6.45, 7) is 2.25. The average molecular weight is 379 g/mol. The van der Waals surface area contributed by atoms with Crippen LogP contribution in [0, 0.1) is 0 Å². The third-order valence-electron chi connectivity index (χ3n) is 4.20. The van der Waals surface area contributed by atoms with Gasteiger partial charge >= 0.3 is 0 Å². The number of nitrogens with zero attached hydrogens (tertiary/aromatic N) is 4. The van der Waals surface area contributed by atoms with E-state index in [0.29, 0.717) is 6.04 Å². The van der Waals surface area contributed by atoms with E-state index in [4.69, 9.17) is 0 Å². The lowest BCUT2D eigenvalue weighted by atomic mass is 10.2. The molecule has 0 bridgehead atoms. The molecule has 1 aliphatic heterocycles. The Hall–Kier alpha value is -1.01. The van der Waals surface area contributed by atoms with Crippen molar-refractivity contribution in [3.63, 3.8) is 0 Å². The molecule has 4 rings (SSSR count). The highest BCUT2D eigenvalue weighted by molar-refractivity contribution is 9.10. The van der Waals surface area contributed by atoms with Gasteiger partial charge in [0, 0.05) is 29.4 Å². The third kappa shape index (κ3) is 3.04. The highest BCUT2D eigenvalue weighted by Crippen LogP contribution is 2.41. The van der Waals surface area contributed by atoms with Crippen LogP contribution in [0.2, 0.25) is 0 Å². The fourth-order valence-corrected chi connectivity index (χ4v) is 4.32. The summed E-state index contributed by atoms with van der Waals surface area (Å²) in [5, 5.41) is 10.1. The summed E-state index contributed by atoms with van der Waals surface area (Å²) in [4.78, 5) is 2.40. The van der Waals surface area contributed by atoms with Gasteiger partial charge in [0.25, 0.3) is 0 Å². The Morgan fingerprint density at radius 3 is 2.73 bits per heavy atom. The van der Waals surface area contributed by atoms with Crippen molar-refractivity contribution < 1.29 is 0 Å². The number of aromatic nitrogens is 3. The molecule has 0 atom stereocenters. The second-order valence-corrected chi connectivity index (χ2v) is 7.85. The summed E-state index contributed by atoms with van der Waals surface area (Å²) in [6, 6.07) is 9.10. The largest absolute Gasteiger partial charge is 0.341 e. The van der Waals surface area contributed by atoms with Crippen molar-refractivity contribution in [2.45, 2.75) is 42.6 Å². The van der Waals surface area contributed by atoms with Gasteiger partial charge in [-0.15, -0.1) is 10.2 Å². The molecular weight excluding hydrogens is 360 g/mol. The lowest BCUT2D eigenvalue weighted by Gasteiger charge is -2.17. The zero-order valence-electron chi connectivity index (χ0n) is 12.4. The maximum atomic E-state index is 4.50. The van der Waals surface area contributed by atoms with E-state index in [0.717, 1.165) is 34.4 Å². The van der Waals surface area contributed by atoms with Gasteiger partial charge in [0.05, 0.1) is 0 Å². The predicted octanol–water partition coefficient (Wildman–Crippen LogP) is 4.27. The molecule has 2 heterocycles. The van der Waals surface area contributed by atoms with Crippen molar-refractivity contribution in [1.29, 1.82) is 0 Å². The molecule has 2 aliphatic rings. The lowest BCUT2D eigenvalue weighted by Crippen LogP contribution is -2.22. The first-order chi connectivity index (χ1) is 10.8. The normalized spacial score (nSPS) is 18.1. The molecule has 116 valence electrons. The zero-order chi connectivity index (χ0) is 14.9. The molecular formula is C16H19BrN4S. The maximum absolute atomic E-state index is 4.50. The van der Waals surface area contributed by atoms with Crippen LogP contribution in [0.4, 0.5) is 5.95 Å². The van der Waals surface area contributed by atoms with E-state index >= 15 is 0 Å². The van der Waals surface area contributed by atoms with Gasteiger partial charge in [0.15, 0.2) is 5.16 Å². The van der Waals surface area contributed by atoms with E-state index in [2.05, 4.69) is 59.9 Å². The Balaban J connectivity index is 1.54. The molecule has 0 amide bonds. The number of anilines is 1. The van der Waals surface area contributed by atoms with Gasteiger partial charge in [0.1, 0.15) is 0 Å². The molecule has 6 heteroatoms. The minimum absolute atomic E-state index is 0.621. The van der Waals surface area contributed by atoms with Crippen molar-refractivity contribution in [3.05, 3.63) is 34.3 Å². The number of thioether (sulfide) groups is 1. The number of rotatable bonds is 5. The van der Waals surface area contributed by atoms with E-state index in [9.17, 15) is 0 Å². The van der Waals surface area contributed by atoms with Crippen LogP contribution in [0.3, 0.4) is 0 Å². The first-order valence-corrected chi connectivity index (χ1v) is 9.66. The molecule has 0 unspecified atom stereocenters. The Morgan fingerprint density at radius 1 is 1.18 bits per heavy atom. The van der Waals surface area contributed by atoms with Gasteiger partial charge in [-0.25, -0.2) is 0 Å². The van der Waals surface area contributed by atoms with Crippen LogP contribution >= 0.6 is 27.7 Å². The molecule has 0 radical (unpaired) electrons. The number of hydrogen-bond donors (Lipinski definition) is 0. The molecule has 1 aliphatic carbocycles. The molecule has 2 fully saturated rings. The summed E-state index contributed by atoms with van der Waals surface area (Å²) in [6.07, 6.45) is 5.09. The number of halogens is 1. The van der Waals surface area contributed by atoms with Crippen LogP contribution in [0.25, 0.3) is 0 Å². The second-order valence-electron chi connectivity index (χ2n) is 6.00. The van der Waals surface area contributed by atoms with Gasteiger partial charge in [-0.2, -0.15) is 0 Å². The van der Waals surface area contributed by atoms with Gasteiger partial charge < -0.3 is 4.90 Å². The lowest BCUT2D eigenvalue weighted by molar-refractivity contribution is 0.651. The standard InChI is InChI=1S/C16H19BrN4S/c17-13-5-3-4-12(10-13)11-22-16-19-18-15(20-8-1-2-9-20)21(16)14-6-7-14/h3-5,10,14H,1-2,6-9,11H2.